The second-order valence-corrected chi connectivity index (χ2v) is 5.25. The Bertz CT molecular complexity index is 627. The number of aromatic nitrogens is 3. The van der Waals surface area contributed by atoms with Gasteiger partial charge in [-0.05, 0) is 37.1 Å². The number of aromatic amines is 1. The van der Waals surface area contributed by atoms with Gasteiger partial charge in [-0.25, -0.2) is 0 Å². The van der Waals surface area contributed by atoms with Crippen LogP contribution >= 0.6 is 0 Å². The highest BCUT2D eigenvalue weighted by Gasteiger charge is 2.23. The molecule has 0 bridgehead atoms. The third-order valence-electron chi connectivity index (χ3n) is 3.99. The molecule has 3 heterocycles. The van der Waals surface area contributed by atoms with Crippen molar-refractivity contribution in [3.63, 3.8) is 0 Å². The molecule has 21 heavy (non-hydrogen) atoms. The summed E-state index contributed by atoms with van der Waals surface area (Å²) in [4.78, 5) is 17.4. The minimum Gasteiger partial charge on any atom is -0.339 e. The minimum absolute atomic E-state index is 0.0236. The van der Waals surface area contributed by atoms with Crippen molar-refractivity contribution in [2.45, 2.75) is 18.8 Å². The summed E-state index contributed by atoms with van der Waals surface area (Å²) in [5.41, 5.74) is 3.15. The Balaban J connectivity index is 1.68. The molecular formula is C16H18N4O. The van der Waals surface area contributed by atoms with E-state index in [1.807, 2.05) is 17.0 Å². The molecule has 1 fully saturated rings. The molecule has 0 spiro atoms. The van der Waals surface area contributed by atoms with Crippen LogP contribution in [0.5, 0.6) is 0 Å². The number of pyridine rings is 1. The van der Waals surface area contributed by atoms with Crippen LogP contribution in [0.1, 0.15) is 24.5 Å². The van der Waals surface area contributed by atoms with E-state index in [1.165, 1.54) is 6.08 Å². The van der Waals surface area contributed by atoms with Crippen molar-refractivity contribution in [1.29, 1.82) is 0 Å². The normalized spacial score (nSPS) is 15.9. The number of hydrogen-bond acceptors (Lipinski definition) is 3. The summed E-state index contributed by atoms with van der Waals surface area (Å²) < 4.78 is 0. The van der Waals surface area contributed by atoms with E-state index in [0.717, 1.165) is 42.9 Å². The van der Waals surface area contributed by atoms with Crippen LogP contribution < -0.4 is 0 Å². The summed E-state index contributed by atoms with van der Waals surface area (Å²) in [6.07, 6.45) is 6.83. The van der Waals surface area contributed by atoms with Crippen LogP contribution in [-0.4, -0.2) is 39.1 Å². The zero-order valence-corrected chi connectivity index (χ0v) is 11.8. The number of H-pyrrole nitrogens is 1. The van der Waals surface area contributed by atoms with Gasteiger partial charge in [0.15, 0.2) is 0 Å². The fourth-order valence-electron chi connectivity index (χ4n) is 2.76. The predicted molar refractivity (Wildman–Crippen MR) is 80.6 cm³/mol. The van der Waals surface area contributed by atoms with E-state index < -0.39 is 0 Å². The molecule has 2 aromatic rings. The molecule has 0 aromatic carbocycles. The SMILES string of the molecule is C=CC(=O)N1CCC(c2cc(-c3ccncc3)n[nH]2)CC1. The van der Waals surface area contributed by atoms with Crippen LogP contribution in [0.25, 0.3) is 11.3 Å². The zero-order chi connectivity index (χ0) is 14.7. The van der Waals surface area contributed by atoms with Crippen LogP contribution in [0, 0.1) is 0 Å². The topological polar surface area (TPSA) is 61.9 Å². The van der Waals surface area contributed by atoms with Gasteiger partial charge in [-0.1, -0.05) is 6.58 Å². The van der Waals surface area contributed by atoms with Crippen LogP contribution in [-0.2, 0) is 4.79 Å². The third-order valence-corrected chi connectivity index (χ3v) is 3.99. The van der Waals surface area contributed by atoms with Crippen molar-refractivity contribution in [1.82, 2.24) is 20.1 Å². The van der Waals surface area contributed by atoms with Crippen molar-refractivity contribution in [3.05, 3.63) is 48.9 Å². The molecule has 0 aliphatic carbocycles. The van der Waals surface area contributed by atoms with Gasteiger partial charge in [0, 0.05) is 42.7 Å². The molecule has 0 saturated carbocycles. The fraction of sp³-hybridized carbons (Fsp3) is 0.312. The quantitative estimate of drug-likeness (QED) is 0.879. The number of carbonyl (C=O) groups excluding carboxylic acids is 1. The monoisotopic (exact) mass is 282 g/mol. The fourth-order valence-corrected chi connectivity index (χ4v) is 2.76. The molecular weight excluding hydrogens is 264 g/mol. The summed E-state index contributed by atoms with van der Waals surface area (Å²) in [5, 5.41) is 7.52. The molecule has 2 aromatic heterocycles. The van der Waals surface area contributed by atoms with Gasteiger partial charge >= 0.3 is 0 Å². The van der Waals surface area contributed by atoms with Crippen molar-refractivity contribution in [2.24, 2.45) is 0 Å². The standard InChI is InChI=1S/C16H18N4O/c1-2-16(21)20-9-5-13(6-10-20)15-11-14(18-19-15)12-3-7-17-8-4-12/h2-4,7-8,11,13H,1,5-6,9-10H2,(H,18,19). The van der Waals surface area contributed by atoms with E-state index >= 15 is 0 Å². The number of piperidine rings is 1. The van der Waals surface area contributed by atoms with Crippen LogP contribution in [0.3, 0.4) is 0 Å². The molecule has 1 saturated heterocycles. The third kappa shape index (κ3) is 2.86. The Hall–Kier alpha value is -2.43. The van der Waals surface area contributed by atoms with Gasteiger partial charge in [0.05, 0.1) is 5.69 Å². The summed E-state index contributed by atoms with van der Waals surface area (Å²) in [6.45, 7) is 5.09. The van der Waals surface area contributed by atoms with Crippen molar-refractivity contribution in [2.75, 3.05) is 13.1 Å². The summed E-state index contributed by atoms with van der Waals surface area (Å²) in [7, 11) is 0. The highest BCUT2D eigenvalue weighted by molar-refractivity contribution is 5.87. The maximum atomic E-state index is 11.6. The Labute approximate surface area is 123 Å². The Kier molecular flexibility index (Phi) is 3.81. The molecule has 1 N–H and O–H groups in total. The van der Waals surface area contributed by atoms with Gasteiger partial charge in [-0.2, -0.15) is 5.10 Å². The number of amides is 1. The second kappa shape index (κ2) is 5.91. The molecule has 1 aliphatic rings. The smallest absolute Gasteiger partial charge is 0.245 e. The van der Waals surface area contributed by atoms with Crippen LogP contribution in [0.2, 0.25) is 0 Å². The largest absolute Gasteiger partial charge is 0.339 e. The van der Waals surface area contributed by atoms with Crippen molar-refractivity contribution >= 4 is 5.91 Å². The lowest BCUT2D eigenvalue weighted by molar-refractivity contribution is -0.127. The lowest BCUT2D eigenvalue weighted by Gasteiger charge is -2.30. The number of carbonyl (C=O) groups is 1. The van der Waals surface area contributed by atoms with E-state index in [0.29, 0.717) is 5.92 Å². The second-order valence-electron chi connectivity index (χ2n) is 5.25. The van der Waals surface area contributed by atoms with Gasteiger partial charge in [0.1, 0.15) is 0 Å². The lowest BCUT2D eigenvalue weighted by Crippen LogP contribution is -2.36. The first-order valence-corrected chi connectivity index (χ1v) is 7.15. The number of rotatable bonds is 3. The maximum Gasteiger partial charge on any atom is 0.245 e. The van der Waals surface area contributed by atoms with Gasteiger partial charge in [-0.15, -0.1) is 0 Å². The number of hydrogen-bond donors (Lipinski definition) is 1. The first-order chi connectivity index (χ1) is 10.3. The van der Waals surface area contributed by atoms with E-state index in [2.05, 4.69) is 27.8 Å². The average Bonchev–Trinajstić information content (AvgIpc) is 3.05. The van der Waals surface area contributed by atoms with Crippen molar-refractivity contribution in [3.8, 4) is 11.3 Å². The highest BCUT2D eigenvalue weighted by atomic mass is 16.2. The van der Waals surface area contributed by atoms with E-state index in [1.54, 1.807) is 12.4 Å². The molecule has 5 heteroatoms. The maximum absolute atomic E-state index is 11.6. The summed E-state index contributed by atoms with van der Waals surface area (Å²) in [5.74, 6) is 0.456. The molecule has 5 nitrogen and oxygen atoms in total. The Morgan fingerprint density at radius 1 is 1.33 bits per heavy atom. The Morgan fingerprint density at radius 3 is 2.71 bits per heavy atom. The van der Waals surface area contributed by atoms with E-state index in [4.69, 9.17) is 0 Å². The van der Waals surface area contributed by atoms with Crippen LogP contribution in [0.4, 0.5) is 0 Å². The molecule has 0 unspecified atom stereocenters. The minimum atomic E-state index is 0.0236. The number of nitrogens with one attached hydrogen (secondary N) is 1. The molecule has 0 radical (unpaired) electrons. The van der Waals surface area contributed by atoms with E-state index in [9.17, 15) is 4.79 Å². The van der Waals surface area contributed by atoms with Crippen molar-refractivity contribution < 1.29 is 4.79 Å². The predicted octanol–water partition coefficient (Wildman–Crippen LogP) is 2.36. The first-order valence-electron chi connectivity index (χ1n) is 7.15. The van der Waals surface area contributed by atoms with Crippen LogP contribution in [0.15, 0.2) is 43.2 Å². The molecule has 3 rings (SSSR count). The van der Waals surface area contributed by atoms with Gasteiger partial charge < -0.3 is 4.90 Å². The summed E-state index contributed by atoms with van der Waals surface area (Å²) in [6, 6.07) is 6.00. The zero-order valence-electron chi connectivity index (χ0n) is 11.8. The Morgan fingerprint density at radius 2 is 2.05 bits per heavy atom. The molecule has 0 atom stereocenters. The highest BCUT2D eigenvalue weighted by Crippen LogP contribution is 2.29. The number of nitrogens with zero attached hydrogens (tertiary/aromatic N) is 3. The van der Waals surface area contributed by atoms with E-state index in [-0.39, 0.29) is 5.91 Å². The summed E-state index contributed by atoms with van der Waals surface area (Å²) >= 11 is 0. The molecule has 1 aliphatic heterocycles. The first kappa shape index (κ1) is 13.5. The lowest BCUT2D eigenvalue weighted by atomic mass is 9.93. The van der Waals surface area contributed by atoms with Gasteiger partial charge in [-0.3, -0.25) is 14.9 Å². The molecule has 1 amide bonds. The number of likely N-dealkylation sites (tertiary alicyclic amines) is 1. The average molecular weight is 282 g/mol. The van der Waals surface area contributed by atoms with Gasteiger partial charge in [0.25, 0.3) is 0 Å². The molecule has 108 valence electrons. The van der Waals surface area contributed by atoms with Gasteiger partial charge in [0.2, 0.25) is 5.91 Å².